The molecular formula is C30H33F3N2O3. The first kappa shape index (κ1) is 27.4. The zero-order valence-electron chi connectivity index (χ0n) is 22.1. The molecule has 3 aromatic carbocycles. The Hall–Kier alpha value is -3.68. The van der Waals surface area contributed by atoms with E-state index in [1.807, 2.05) is 29.2 Å². The van der Waals surface area contributed by atoms with Gasteiger partial charge in [0.15, 0.2) is 0 Å². The Kier molecular flexibility index (Phi) is 7.90. The molecule has 5 nitrogen and oxygen atoms in total. The molecule has 38 heavy (non-hydrogen) atoms. The predicted octanol–water partition coefficient (Wildman–Crippen LogP) is 6.55. The fourth-order valence-electron chi connectivity index (χ4n) is 4.47. The highest BCUT2D eigenvalue weighted by atomic mass is 19.4. The standard InChI is InChI=1S/C30H33F3N2O3/c1-29(2,3)23-9-11-26(12-10-23)38-20-22-18-21(8-13-27(22)37-4)28(36)35-16-14-34(15-17-35)25-7-5-6-24(19-25)30(31,32)33/h5-13,18-19H,14-17,20H2,1-4H3. The number of ether oxygens (including phenoxy) is 2. The summed E-state index contributed by atoms with van der Waals surface area (Å²) < 4.78 is 50.8. The molecule has 8 heteroatoms. The molecule has 0 atom stereocenters. The van der Waals surface area contributed by atoms with Gasteiger partial charge in [0.25, 0.3) is 5.91 Å². The van der Waals surface area contributed by atoms with Crippen molar-refractivity contribution in [3.05, 3.63) is 89.0 Å². The summed E-state index contributed by atoms with van der Waals surface area (Å²) in [5.41, 5.74) is 2.36. The minimum atomic E-state index is -4.39. The smallest absolute Gasteiger partial charge is 0.416 e. The van der Waals surface area contributed by atoms with Crippen LogP contribution in [0.15, 0.2) is 66.7 Å². The number of benzene rings is 3. The third kappa shape index (κ3) is 6.41. The topological polar surface area (TPSA) is 42.0 Å². The Bertz CT molecular complexity index is 1260. The van der Waals surface area contributed by atoms with Gasteiger partial charge in [0.1, 0.15) is 18.1 Å². The molecule has 0 spiro atoms. The average molecular weight is 527 g/mol. The van der Waals surface area contributed by atoms with Gasteiger partial charge in [-0.25, -0.2) is 0 Å². The molecule has 0 radical (unpaired) electrons. The molecule has 3 aromatic rings. The maximum atomic E-state index is 13.3. The second-order valence-electron chi connectivity index (χ2n) is 10.4. The molecular weight excluding hydrogens is 493 g/mol. The fraction of sp³-hybridized carbons (Fsp3) is 0.367. The molecule has 0 aliphatic carbocycles. The largest absolute Gasteiger partial charge is 0.496 e. The lowest BCUT2D eigenvalue weighted by Gasteiger charge is -2.36. The number of rotatable bonds is 6. The minimum Gasteiger partial charge on any atom is -0.496 e. The van der Waals surface area contributed by atoms with Crippen LogP contribution in [0.25, 0.3) is 0 Å². The lowest BCUT2D eigenvalue weighted by molar-refractivity contribution is -0.137. The van der Waals surface area contributed by atoms with Crippen molar-refractivity contribution in [1.29, 1.82) is 0 Å². The van der Waals surface area contributed by atoms with E-state index in [0.717, 1.165) is 23.4 Å². The summed E-state index contributed by atoms with van der Waals surface area (Å²) in [7, 11) is 1.57. The number of nitrogens with zero attached hydrogens (tertiary/aromatic N) is 2. The Morgan fingerprint density at radius 3 is 2.16 bits per heavy atom. The summed E-state index contributed by atoms with van der Waals surface area (Å²) in [6, 6.07) is 18.5. The number of piperazine rings is 1. The summed E-state index contributed by atoms with van der Waals surface area (Å²) in [5, 5.41) is 0. The van der Waals surface area contributed by atoms with Gasteiger partial charge in [0.2, 0.25) is 0 Å². The number of hydrogen-bond donors (Lipinski definition) is 0. The number of amides is 1. The molecule has 1 aliphatic heterocycles. The van der Waals surface area contributed by atoms with E-state index in [1.54, 1.807) is 36.3 Å². The van der Waals surface area contributed by atoms with Gasteiger partial charge in [0, 0.05) is 43.0 Å². The molecule has 1 aliphatic rings. The normalized spacial score (nSPS) is 14.4. The average Bonchev–Trinajstić information content (AvgIpc) is 2.91. The van der Waals surface area contributed by atoms with Crippen molar-refractivity contribution in [3.63, 3.8) is 0 Å². The predicted molar refractivity (Wildman–Crippen MR) is 142 cm³/mol. The number of alkyl halides is 3. The molecule has 0 aromatic heterocycles. The first-order chi connectivity index (χ1) is 18.0. The molecule has 1 heterocycles. The summed E-state index contributed by atoms with van der Waals surface area (Å²) in [4.78, 5) is 16.9. The highest BCUT2D eigenvalue weighted by molar-refractivity contribution is 5.94. The van der Waals surface area contributed by atoms with Crippen LogP contribution in [-0.4, -0.2) is 44.1 Å². The van der Waals surface area contributed by atoms with Crippen LogP contribution in [-0.2, 0) is 18.2 Å². The monoisotopic (exact) mass is 526 g/mol. The highest BCUT2D eigenvalue weighted by Crippen LogP contribution is 2.32. The van der Waals surface area contributed by atoms with Gasteiger partial charge in [-0.1, -0.05) is 39.0 Å². The van der Waals surface area contributed by atoms with Crippen LogP contribution in [0.3, 0.4) is 0 Å². The van der Waals surface area contributed by atoms with Crippen LogP contribution in [0, 0.1) is 0 Å². The quantitative estimate of drug-likeness (QED) is 0.365. The van der Waals surface area contributed by atoms with Gasteiger partial charge in [-0.15, -0.1) is 0 Å². The van der Waals surface area contributed by atoms with Gasteiger partial charge in [-0.2, -0.15) is 13.2 Å². The maximum Gasteiger partial charge on any atom is 0.416 e. The van der Waals surface area contributed by atoms with Crippen LogP contribution >= 0.6 is 0 Å². The lowest BCUT2D eigenvalue weighted by Crippen LogP contribution is -2.48. The van der Waals surface area contributed by atoms with Crippen molar-refractivity contribution >= 4 is 11.6 Å². The van der Waals surface area contributed by atoms with Crippen LogP contribution in [0.4, 0.5) is 18.9 Å². The number of methoxy groups -OCH3 is 1. The van der Waals surface area contributed by atoms with Crippen molar-refractivity contribution in [2.75, 3.05) is 38.2 Å². The Labute approximate surface area is 221 Å². The van der Waals surface area contributed by atoms with Crippen molar-refractivity contribution in [2.24, 2.45) is 0 Å². The highest BCUT2D eigenvalue weighted by Gasteiger charge is 2.31. The minimum absolute atomic E-state index is 0.0506. The maximum absolute atomic E-state index is 13.3. The van der Waals surface area contributed by atoms with Crippen LogP contribution in [0.5, 0.6) is 11.5 Å². The second-order valence-corrected chi connectivity index (χ2v) is 10.4. The van der Waals surface area contributed by atoms with E-state index < -0.39 is 11.7 Å². The van der Waals surface area contributed by atoms with E-state index >= 15 is 0 Å². The van der Waals surface area contributed by atoms with Crippen LogP contribution in [0.1, 0.15) is 47.8 Å². The Morgan fingerprint density at radius 2 is 1.55 bits per heavy atom. The fourth-order valence-corrected chi connectivity index (χ4v) is 4.47. The van der Waals surface area contributed by atoms with Gasteiger partial charge in [-0.3, -0.25) is 4.79 Å². The van der Waals surface area contributed by atoms with Crippen LogP contribution < -0.4 is 14.4 Å². The first-order valence-electron chi connectivity index (χ1n) is 12.6. The molecule has 0 bridgehead atoms. The van der Waals surface area contributed by atoms with Gasteiger partial charge >= 0.3 is 6.18 Å². The van der Waals surface area contributed by atoms with Gasteiger partial charge in [0.05, 0.1) is 12.7 Å². The van der Waals surface area contributed by atoms with E-state index in [0.29, 0.717) is 43.2 Å². The van der Waals surface area contributed by atoms with Crippen LogP contribution in [0.2, 0.25) is 0 Å². The third-order valence-corrected chi connectivity index (χ3v) is 6.75. The zero-order valence-corrected chi connectivity index (χ0v) is 22.1. The molecule has 4 rings (SSSR count). The van der Waals surface area contributed by atoms with Crippen molar-refractivity contribution in [2.45, 2.75) is 39.0 Å². The van der Waals surface area contributed by atoms with E-state index in [9.17, 15) is 18.0 Å². The lowest BCUT2D eigenvalue weighted by atomic mass is 9.87. The summed E-state index contributed by atoms with van der Waals surface area (Å²) in [6.07, 6.45) is -4.39. The molecule has 1 fully saturated rings. The summed E-state index contributed by atoms with van der Waals surface area (Å²) in [5.74, 6) is 1.22. The molecule has 1 amide bonds. The number of carbonyl (C=O) groups excluding carboxylic acids is 1. The second kappa shape index (κ2) is 11.0. The van der Waals surface area contributed by atoms with E-state index in [2.05, 4.69) is 20.8 Å². The van der Waals surface area contributed by atoms with E-state index in [4.69, 9.17) is 9.47 Å². The van der Waals surface area contributed by atoms with E-state index in [1.165, 1.54) is 11.6 Å². The Balaban J connectivity index is 1.41. The van der Waals surface area contributed by atoms with Gasteiger partial charge < -0.3 is 19.3 Å². The summed E-state index contributed by atoms with van der Waals surface area (Å²) in [6.45, 7) is 8.42. The van der Waals surface area contributed by atoms with Crippen molar-refractivity contribution in [3.8, 4) is 11.5 Å². The number of anilines is 1. The van der Waals surface area contributed by atoms with Gasteiger partial charge in [-0.05, 0) is 59.5 Å². The number of halogens is 3. The van der Waals surface area contributed by atoms with Crippen molar-refractivity contribution < 1.29 is 27.4 Å². The number of hydrogen-bond acceptors (Lipinski definition) is 4. The Morgan fingerprint density at radius 1 is 0.868 bits per heavy atom. The van der Waals surface area contributed by atoms with Crippen molar-refractivity contribution in [1.82, 2.24) is 4.90 Å². The molecule has 0 saturated carbocycles. The molecule has 0 unspecified atom stereocenters. The van der Waals surface area contributed by atoms with E-state index in [-0.39, 0.29) is 17.9 Å². The third-order valence-electron chi connectivity index (χ3n) is 6.75. The molecule has 202 valence electrons. The number of carbonyl (C=O) groups is 1. The summed E-state index contributed by atoms with van der Waals surface area (Å²) >= 11 is 0. The SMILES string of the molecule is COc1ccc(C(=O)N2CCN(c3cccc(C(F)(F)F)c3)CC2)cc1COc1ccc(C(C)(C)C)cc1. The zero-order chi connectivity index (χ0) is 27.5. The first-order valence-corrected chi connectivity index (χ1v) is 12.6. The molecule has 0 N–H and O–H groups in total. The molecule has 1 saturated heterocycles.